The van der Waals surface area contributed by atoms with Crippen molar-refractivity contribution in [2.75, 3.05) is 4.90 Å². The van der Waals surface area contributed by atoms with Gasteiger partial charge in [0.05, 0.1) is 16.8 Å². The van der Waals surface area contributed by atoms with E-state index in [-0.39, 0.29) is 0 Å². The van der Waals surface area contributed by atoms with Gasteiger partial charge in [0, 0.05) is 26.8 Å². The fourth-order valence-corrected chi connectivity index (χ4v) is 16.1. The maximum Gasteiger partial charge on any atom is 0.202 e. The largest absolute Gasteiger partial charge is 0.457 e. The highest BCUT2D eigenvalue weighted by molar-refractivity contribution is 7.23. The molecule has 0 spiro atoms. The van der Waals surface area contributed by atoms with Gasteiger partial charge in [-0.3, -0.25) is 0 Å². The Kier molecular flexibility index (Phi) is 6.35. The average Bonchev–Trinajstić information content (AvgIpc) is 3.52. The summed E-state index contributed by atoms with van der Waals surface area (Å²) < 4.78 is 14.5. The van der Waals surface area contributed by atoms with E-state index in [2.05, 4.69) is 196 Å². The van der Waals surface area contributed by atoms with Crippen LogP contribution < -0.4 is 35.1 Å². The zero-order chi connectivity index (χ0) is 37.3. The first-order valence-corrected chi connectivity index (χ1v) is 21.5. The highest BCUT2D eigenvalue weighted by Crippen LogP contribution is 2.62. The van der Waals surface area contributed by atoms with Crippen LogP contribution in [0.2, 0.25) is 0 Å². The van der Waals surface area contributed by atoms with E-state index < -0.39 is 13.5 Å². The van der Waals surface area contributed by atoms with Gasteiger partial charge in [0.15, 0.2) is 0 Å². The summed E-state index contributed by atoms with van der Waals surface area (Å²) in [5, 5.41) is 5.10. The Morgan fingerprint density at radius 1 is 0.464 bits per heavy atom. The molecule has 8 aromatic rings. The molecule has 56 heavy (non-hydrogen) atoms. The molecule has 4 heteroatoms. The molecule has 3 aliphatic heterocycles. The number of fused-ring (bicyclic) bond motifs is 4. The normalized spacial score (nSPS) is 16.9. The molecule has 266 valence electrons. The van der Waals surface area contributed by atoms with E-state index in [1.165, 1.54) is 71.1 Å². The van der Waals surface area contributed by atoms with E-state index >= 15 is 0 Å². The van der Waals surface area contributed by atoms with Crippen LogP contribution in [0.25, 0.3) is 11.1 Å². The average molecular weight is 736 g/mol. The van der Waals surface area contributed by atoms with E-state index in [0.717, 1.165) is 39.8 Å². The summed E-state index contributed by atoms with van der Waals surface area (Å²) in [6.07, 6.45) is 0. The molecule has 3 heterocycles. The highest BCUT2D eigenvalue weighted by atomic mass is 28.3. The lowest BCUT2D eigenvalue weighted by Gasteiger charge is -2.51. The molecule has 3 nitrogen and oxygen atoms in total. The molecular formula is C52H37NO2Si. The smallest absolute Gasteiger partial charge is 0.202 e. The lowest BCUT2D eigenvalue weighted by atomic mass is 9.67. The van der Waals surface area contributed by atoms with Gasteiger partial charge in [0.2, 0.25) is 8.07 Å². The van der Waals surface area contributed by atoms with Crippen molar-refractivity contribution < 1.29 is 9.47 Å². The van der Waals surface area contributed by atoms with Crippen molar-refractivity contribution in [3.05, 3.63) is 209 Å². The van der Waals surface area contributed by atoms with Crippen LogP contribution in [-0.4, -0.2) is 8.07 Å². The first kappa shape index (κ1) is 31.7. The van der Waals surface area contributed by atoms with E-state index in [1.807, 2.05) is 0 Å². The quantitative estimate of drug-likeness (QED) is 0.168. The van der Waals surface area contributed by atoms with Crippen LogP contribution in [0, 0.1) is 20.8 Å². The van der Waals surface area contributed by atoms with E-state index in [1.54, 1.807) is 0 Å². The van der Waals surface area contributed by atoms with Crippen LogP contribution in [0.3, 0.4) is 0 Å². The van der Waals surface area contributed by atoms with Gasteiger partial charge in [0.1, 0.15) is 23.0 Å². The Morgan fingerprint density at radius 3 is 1.64 bits per heavy atom. The SMILES string of the molecule is Cc1ccc(N2c3cc(C)cc4c3[Si]3(c5ccccc5)c5c(cc(C)cc5Oc5cc6c(c2c53)-c2ccccc2C6(c2ccccc2)c2ccccc2)O4)cc1. The molecule has 0 amide bonds. The number of aryl methyl sites for hydroxylation is 3. The fourth-order valence-electron chi connectivity index (χ4n) is 10.7. The monoisotopic (exact) mass is 735 g/mol. The molecule has 0 saturated heterocycles. The first-order valence-electron chi connectivity index (χ1n) is 19.5. The zero-order valence-electron chi connectivity index (χ0n) is 31.4. The summed E-state index contributed by atoms with van der Waals surface area (Å²) in [4.78, 5) is 2.55. The third-order valence-corrected chi connectivity index (χ3v) is 17.6. The molecule has 12 rings (SSSR count). The predicted octanol–water partition coefficient (Wildman–Crippen LogP) is 10.3. The van der Waals surface area contributed by atoms with Crippen molar-refractivity contribution >= 4 is 45.9 Å². The Balaban J connectivity index is 1.35. The summed E-state index contributed by atoms with van der Waals surface area (Å²) in [6, 6.07) is 63.1. The number of benzene rings is 8. The Bertz CT molecular complexity index is 2900. The van der Waals surface area contributed by atoms with Gasteiger partial charge in [-0.1, -0.05) is 133 Å². The molecule has 4 aliphatic rings. The van der Waals surface area contributed by atoms with Crippen molar-refractivity contribution in [3.63, 3.8) is 0 Å². The number of hydrogen-bond acceptors (Lipinski definition) is 3. The van der Waals surface area contributed by atoms with Crippen LogP contribution >= 0.6 is 0 Å². The number of ether oxygens (including phenoxy) is 2. The van der Waals surface area contributed by atoms with E-state index in [4.69, 9.17) is 9.47 Å². The zero-order valence-corrected chi connectivity index (χ0v) is 32.4. The third-order valence-electron chi connectivity index (χ3n) is 12.6. The number of hydrogen-bond donors (Lipinski definition) is 0. The number of nitrogens with zero attached hydrogens (tertiary/aromatic N) is 1. The second kappa shape index (κ2) is 11.2. The molecule has 0 radical (unpaired) electrons. The highest BCUT2D eigenvalue weighted by Gasteiger charge is 2.61. The van der Waals surface area contributed by atoms with Crippen molar-refractivity contribution in [1.82, 2.24) is 0 Å². The molecule has 1 unspecified atom stereocenters. The minimum absolute atomic E-state index is 0.602. The molecule has 0 bridgehead atoms. The number of rotatable bonds is 4. The predicted molar refractivity (Wildman–Crippen MR) is 230 cm³/mol. The Labute approximate surface area is 328 Å². The molecule has 1 atom stereocenters. The van der Waals surface area contributed by atoms with Gasteiger partial charge < -0.3 is 14.4 Å². The third kappa shape index (κ3) is 3.86. The molecule has 0 aromatic heterocycles. The second-order valence-corrected chi connectivity index (χ2v) is 19.4. The van der Waals surface area contributed by atoms with Gasteiger partial charge in [-0.25, -0.2) is 0 Å². The Morgan fingerprint density at radius 2 is 1.00 bits per heavy atom. The minimum Gasteiger partial charge on any atom is -0.457 e. The second-order valence-electron chi connectivity index (χ2n) is 15.8. The standard InChI is InChI=1S/C52H37NO2Si/c1-32-23-25-37(26-24-32)53-42-27-33(2)28-43-49(42)56(38-19-11-6-12-20-38)50-44(54-43)29-34(3)30-45(50)55-46-31-41-47(48(53)51(46)56)39-21-13-14-22-40(39)52(41,35-15-7-4-8-16-35)36-17-9-5-10-18-36/h4-31H,1-3H3. The molecular weight excluding hydrogens is 699 g/mol. The first-order chi connectivity index (χ1) is 27.5. The van der Waals surface area contributed by atoms with Gasteiger partial charge >= 0.3 is 0 Å². The van der Waals surface area contributed by atoms with Gasteiger partial charge in [-0.2, -0.15) is 0 Å². The lowest BCUT2D eigenvalue weighted by Crippen LogP contribution is -2.79. The van der Waals surface area contributed by atoms with Crippen molar-refractivity contribution in [2.24, 2.45) is 0 Å². The molecule has 1 aliphatic carbocycles. The summed E-state index contributed by atoms with van der Waals surface area (Å²) in [5.41, 5.74) is 13.9. The topological polar surface area (TPSA) is 21.7 Å². The fraction of sp³-hybridized carbons (Fsp3) is 0.0769. The van der Waals surface area contributed by atoms with Crippen LogP contribution in [0.5, 0.6) is 23.0 Å². The molecule has 8 aromatic carbocycles. The van der Waals surface area contributed by atoms with Crippen molar-refractivity contribution in [2.45, 2.75) is 26.2 Å². The van der Waals surface area contributed by atoms with Gasteiger partial charge in [-0.15, -0.1) is 0 Å². The van der Waals surface area contributed by atoms with Crippen molar-refractivity contribution in [1.29, 1.82) is 0 Å². The summed E-state index contributed by atoms with van der Waals surface area (Å²) in [5.74, 6) is 3.68. The number of anilines is 3. The molecule has 0 saturated carbocycles. The minimum atomic E-state index is -3.12. The summed E-state index contributed by atoms with van der Waals surface area (Å²) in [7, 11) is -3.12. The van der Waals surface area contributed by atoms with Crippen LogP contribution in [0.15, 0.2) is 170 Å². The maximum absolute atomic E-state index is 7.42. The van der Waals surface area contributed by atoms with E-state index in [9.17, 15) is 0 Å². The van der Waals surface area contributed by atoms with Crippen molar-refractivity contribution in [3.8, 4) is 34.1 Å². The Hall–Kier alpha value is -6.62. The molecule has 0 fully saturated rings. The van der Waals surface area contributed by atoms with Crippen LogP contribution in [0.1, 0.15) is 38.9 Å². The summed E-state index contributed by atoms with van der Waals surface area (Å²) >= 11 is 0. The van der Waals surface area contributed by atoms with Gasteiger partial charge in [-0.05, 0) is 107 Å². The van der Waals surface area contributed by atoms with E-state index in [0.29, 0.717) is 0 Å². The summed E-state index contributed by atoms with van der Waals surface area (Å²) in [6.45, 7) is 6.51. The van der Waals surface area contributed by atoms with Crippen LogP contribution in [0.4, 0.5) is 17.1 Å². The van der Waals surface area contributed by atoms with Crippen LogP contribution in [-0.2, 0) is 5.41 Å². The van der Waals surface area contributed by atoms with Gasteiger partial charge in [0.25, 0.3) is 0 Å². The lowest BCUT2D eigenvalue weighted by molar-refractivity contribution is 0.462. The molecule has 0 N–H and O–H groups in total. The maximum atomic E-state index is 7.42.